The van der Waals surface area contributed by atoms with E-state index in [0.717, 1.165) is 11.1 Å². The van der Waals surface area contributed by atoms with Crippen LogP contribution in [0.3, 0.4) is 0 Å². The zero-order valence-electron chi connectivity index (χ0n) is 16.1. The number of H-pyrrole nitrogens is 1. The van der Waals surface area contributed by atoms with Gasteiger partial charge in [-0.2, -0.15) is 5.10 Å². The van der Waals surface area contributed by atoms with Gasteiger partial charge >= 0.3 is 6.03 Å². The minimum absolute atomic E-state index is 0.185. The fraction of sp³-hybridized carbons (Fsp3) is 0.200. The van der Waals surface area contributed by atoms with E-state index in [2.05, 4.69) is 26.1 Å². The molecule has 1 unspecified atom stereocenters. The van der Waals surface area contributed by atoms with Crippen LogP contribution in [0.25, 0.3) is 0 Å². The van der Waals surface area contributed by atoms with E-state index in [-0.39, 0.29) is 10.7 Å². The Bertz CT molecular complexity index is 1190. The van der Waals surface area contributed by atoms with E-state index >= 15 is 0 Å². The molecule has 4 rings (SSSR count). The number of halogens is 1. The Morgan fingerprint density at radius 3 is 2.73 bits per heavy atom. The molecular formula is C20H20ClN5O3S. The summed E-state index contributed by atoms with van der Waals surface area (Å²) in [4.78, 5) is 12.6. The Hall–Kier alpha value is -2.88. The van der Waals surface area contributed by atoms with E-state index in [1.807, 2.05) is 25.1 Å². The third kappa shape index (κ3) is 4.04. The molecule has 4 N–H and O–H groups in total. The van der Waals surface area contributed by atoms with E-state index in [1.165, 1.54) is 0 Å². The number of amides is 2. The predicted octanol–water partition coefficient (Wildman–Crippen LogP) is 3.27. The lowest BCUT2D eigenvalue weighted by Crippen LogP contribution is -2.30. The van der Waals surface area contributed by atoms with E-state index in [1.54, 1.807) is 30.3 Å². The van der Waals surface area contributed by atoms with Crippen LogP contribution >= 0.6 is 11.6 Å². The van der Waals surface area contributed by atoms with Gasteiger partial charge in [0, 0.05) is 18.1 Å². The van der Waals surface area contributed by atoms with Crippen LogP contribution < -0.4 is 16.0 Å². The van der Waals surface area contributed by atoms with Crippen LogP contribution in [-0.4, -0.2) is 24.6 Å². The van der Waals surface area contributed by atoms with Gasteiger partial charge in [0.05, 0.1) is 16.2 Å². The predicted molar refractivity (Wildman–Crippen MR) is 114 cm³/mol. The van der Waals surface area contributed by atoms with Crippen molar-refractivity contribution in [2.45, 2.75) is 30.3 Å². The third-order valence-electron chi connectivity index (χ3n) is 4.84. The number of hydrogen-bond donors (Lipinski definition) is 4. The van der Waals surface area contributed by atoms with Gasteiger partial charge in [-0.3, -0.25) is 15.7 Å². The van der Waals surface area contributed by atoms with E-state index in [9.17, 15) is 13.2 Å². The van der Waals surface area contributed by atoms with Gasteiger partial charge in [-0.1, -0.05) is 35.9 Å². The SMILES string of the molecule is Cc1cccc(S(=O)(=O)C2NCc3[nH]nc(NC(=O)NCc4ccc(Cl)cc4)c32)c1. The molecule has 2 amide bonds. The van der Waals surface area contributed by atoms with Crippen LogP contribution in [0.5, 0.6) is 0 Å². The summed E-state index contributed by atoms with van der Waals surface area (Å²) in [7, 11) is -3.72. The van der Waals surface area contributed by atoms with Crippen molar-refractivity contribution in [3.8, 4) is 0 Å². The van der Waals surface area contributed by atoms with E-state index in [4.69, 9.17) is 11.6 Å². The molecule has 0 fully saturated rings. The van der Waals surface area contributed by atoms with Gasteiger partial charge < -0.3 is 5.32 Å². The summed E-state index contributed by atoms with van der Waals surface area (Å²) in [5, 5.41) is 14.9. The number of anilines is 1. The fourth-order valence-electron chi connectivity index (χ4n) is 3.33. The van der Waals surface area contributed by atoms with Gasteiger partial charge in [0.2, 0.25) is 0 Å². The first kappa shape index (κ1) is 20.4. The topological polar surface area (TPSA) is 116 Å². The number of benzene rings is 2. The van der Waals surface area contributed by atoms with Gasteiger partial charge in [0.15, 0.2) is 15.7 Å². The number of urea groups is 1. The average molecular weight is 446 g/mol. The molecule has 0 saturated carbocycles. The van der Waals surface area contributed by atoms with Crippen molar-refractivity contribution in [1.82, 2.24) is 20.8 Å². The lowest BCUT2D eigenvalue weighted by atomic mass is 10.2. The summed E-state index contributed by atoms with van der Waals surface area (Å²) in [5.74, 6) is 0.185. The van der Waals surface area contributed by atoms with Gasteiger partial charge in [-0.25, -0.2) is 13.2 Å². The van der Waals surface area contributed by atoms with Crippen LogP contribution in [-0.2, 0) is 22.9 Å². The first-order chi connectivity index (χ1) is 14.3. The van der Waals surface area contributed by atoms with Crippen LogP contribution in [0.1, 0.15) is 27.8 Å². The Morgan fingerprint density at radius 1 is 1.23 bits per heavy atom. The fourth-order valence-corrected chi connectivity index (χ4v) is 5.21. The minimum Gasteiger partial charge on any atom is -0.334 e. The molecular weight excluding hydrogens is 426 g/mol. The van der Waals surface area contributed by atoms with E-state index < -0.39 is 21.2 Å². The minimum atomic E-state index is -3.72. The van der Waals surface area contributed by atoms with Crippen LogP contribution in [0.15, 0.2) is 53.4 Å². The number of aromatic amines is 1. The molecule has 8 nitrogen and oxygen atoms in total. The standard InChI is InChI=1S/C20H20ClN5O3S/c1-12-3-2-4-15(9-12)30(28,29)19-17-16(11-22-19)25-26-18(17)24-20(27)23-10-13-5-7-14(21)8-6-13/h2-9,19,22H,10-11H2,1H3,(H3,23,24,25,26,27). The molecule has 10 heteroatoms. The Kier molecular flexibility index (Phi) is 5.50. The third-order valence-corrected chi connectivity index (χ3v) is 7.02. The smallest absolute Gasteiger partial charge is 0.320 e. The maximum Gasteiger partial charge on any atom is 0.320 e. The zero-order valence-corrected chi connectivity index (χ0v) is 17.6. The number of carbonyl (C=O) groups is 1. The van der Waals surface area contributed by atoms with Crippen molar-refractivity contribution in [2.24, 2.45) is 0 Å². The molecule has 1 aromatic heterocycles. The summed E-state index contributed by atoms with van der Waals surface area (Å²) in [6.45, 7) is 2.44. The number of fused-ring (bicyclic) bond motifs is 1. The van der Waals surface area contributed by atoms with Gasteiger partial charge in [-0.15, -0.1) is 0 Å². The van der Waals surface area contributed by atoms with Crippen molar-refractivity contribution in [2.75, 3.05) is 5.32 Å². The molecule has 1 aliphatic heterocycles. The number of nitrogens with zero attached hydrogens (tertiary/aromatic N) is 1. The highest BCUT2D eigenvalue weighted by atomic mass is 35.5. The largest absolute Gasteiger partial charge is 0.334 e. The molecule has 1 atom stereocenters. The van der Waals surface area contributed by atoms with Crippen LogP contribution in [0, 0.1) is 6.92 Å². The molecule has 0 aliphatic carbocycles. The Morgan fingerprint density at radius 2 is 2.00 bits per heavy atom. The molecule has 1 aliphatic rings. The molecule has 2 heterocycles. The van der Waals surface area contributed by atoms with Crippen molar-refractivity contribution in [1.29, 1.82) is 0 Å². The molecule has 0 saturated heterocycles. The number of aryl methyl sites for hydroxylation is 1. The summed E-state index contributed by atoms with van der Waals surface area (Å²) in [6, 6.07) is 13.3. The number of aromatic nitrogens is 2. The highest BCUT2D eigenvalue weighted by Crippen LogP contribution is 2.37. The summed E-state index contributed by atoms with van der Waals surface area (Å²) < 4.78 is 26.4. The lowest BCUT2D eigenvalue weighted by molar-refractivity contribution is 0.251. The second-order valence-corrected chi connectivity index (χ2v) is 9.49. The molecule has 156 valence electrons. The molecule has 0 bridgehead atoms. The molecule has 30 heavy (non-hydrogen) atoms. The quantitative estimate of drug-likeness (QED) is 0.481. The summed E-state index contributed by atoms with van der Waals surface area (Å²) in [5.41, 5.74) is 2.78. The normalized spacial score (nSPS) is 15.6. The molecule has 3 aromatic rings. The second kappa shape index (κ2) is 8.10. The van der Waals surface area contributed by atoms with Crippen molar-refractivity contribution < 1.29 is 13.2 Å². The van der Waals surface area contributed by atoms with Gasteiger partial charge in [-0.05, 0) is 42.3 Å². The number of sulfone groups is 1. The van der Waals surface area contributed by atoms with Crippen molar-refractivity contribution >= 4 is 33.3 Å². The Balaban J connectivity index is 1.51. The average Bonchev–Trinajstić information content (AvgIpc) is 3.31. The number of hydrogen-bond acceptors (Lipinski definition) is 5. The van der Waals surface area contributed by atoms with Crippen molar-refractivity contribution in [3.05, 3.63) is 75.9 Å². The van der Waals surface area contributed by atoms with E-state index in [0.29, 0.717) is 29.4 Å². The van der Waals surface area contributed by atoms with Crippen LogP contribution in [0.4, 0.5) is 10.6 Å². The van der Waals surface area contributed by atoms with Gasteiger partial charge in [0.1, 0.15) is 5.37 Å². The summed E-state index contributed by atoms with van der Waals surface area (Å²) >= 11 is 5.86. The first-order valence-corrected chi connectivity index (χ1v) is 11.2. The zero-order chi connectivity index (χ0) is 21.3. The highest BCUT2D eigenvalue weighted by Gasteiger charge is 2.38. The first-order valence-electron chi connectivity index (χ1n) is 9.25. The monoisotopic (exact) mass is 445 g/mol. The second-order valence-electron chi connectivity index (χ2n) is 7.02. The van der Waals surface area contributed by atoms with Crippen LogP contribution in [0.2, 0.25) is 5.02 Å². The van der Waals surface area contributed by atoms with Crippen molar-refractivity contribution in [3.63, 3.8) is 0 Å². The maximum atomic E-state index is 13.2. The molecule has 2 aromatic carbocycles. The number of carbonyl (C=O) groups excluding carboxylic acids is 1. The highest BCUT2D eigenvalue weighted by molar-refractivity contribution is 7.91. The van der Waals surface area contributed by atoms with Gasteiger partial charge in [0.25, 0.3) is 0 Å². The summed E-state index contributed by atoms with van der Waals surface area (Å²) in [6.07, 6.45) is 0. The molecule has 0 radical (unpaired) electrons. The number of nitrogens with one attached hydrogen (secondary N) is 4. The molecule has 0 spiro atoms. The number of rotatable bonds is 5. The Labute approximate surface area is 179 Å². The lowest BCUT2D eigenvalue weighted by Gasteiger charge is -2.15. The maximum absolute atomic E-state index is 13.2.